The Morgan fingerprint density at radius 2 is 0.469 bits per heavy atom. The highest BCUT2D eigenvalue weighted by molar-refractivity contribution is 5.80. The number of anilines is 8. The number of para-hydroxylation sites is 4. The zero-order chi connectivity index (χ0) is 44.4. The van der Waals surface area contributed by atoms with E-state index in [4.69, 9.17) is 0 Å². The first-order valence-electron chi connectivity index (χ1n) is 22.1. The fourth-order valence-corrected chi connectivity index (χ4v) is 8.32. The minimum atomic E-state index is 1.11. The van der Waals surface area contributed by atoms with E-state index in [0.717, 1.165) is 68.3 Å². The fraction of sp³-hybridized carbons (Fsp3) is 0.100. The van der Waals surface area contributed by atoms with Gasteiger partial charge in [-0.15, -0.1) is 0 Å². The van der Waals surface area contributed by atoms with Crippen molar-refractivity contribution in [2.45, 2.75) is 41.5 Å². The molecule has 0 spiro atoms. The number of rotatable bonds is 14. The SMILES string of the molecule is C/C=C(\C)N(C(C)=C(C)N(/C(C)=C/C)c1ccc(-c2ccc(N(c3ccccc3)c3ccccc3)cc2)cc1)c1ccc(-c2ccc(N(c3ccccc3)c3ccccc3)cc2)cc1. The Morgan fingerprint density at radius 3 is 0.688 bits per heavy atom. The fourth-order valence-electron chi connectivity index (χ4n) is 8.32. The van der Waals surface area contributed by atoms with Crippen molar-refractivity contribution >= 4 is 45.5 Å². The predicted octanol–water partition coefficient (Wildman–Crippen LogP) is 17.4. The van der Waals surface area contributed by atoms with Crippen LogP contribution < -0.4 is 19.6 Å². The van der Waals surface area contributed by atoms with E-state index in [2.05, 4.69) is 292 Å². The highest BCUT2D eigenvalue weighted by Crippen LogP contribution is 2.39. The van der Waals surface area contributed by atoms with E-state index >= 15 is 0 Å². The molecule has 0 heterocycles. The first-order chi connectivity index (χ1) is 31.3. The molecule has 0 N–H and O–H groups in total. The van der Waals surface area contributed by atoms with Crippen LogP contribution in [-0.4, -0.2) is 0 Å². The lowest BCUT2D eigenvalue weighted by atomic mass is 10.0. The zero-order valence-corrected chi connectivity index (χ0v) is 37.7. The van der Waals surface area contributed by atoms with E-state index in [1.165, 1.54) is 22.3 Å². The zero-order valence-electron chi connectivity index (χ0n) is 37.7. The third-order valence-electron chi connectivity index (χ3n) is 12.0. The molecule has 0 saturated heterocycles. The number of benzene rings is 8. The largest absolute Gasteiger partial charge is 0.317 e. The maximum Gasteiger partial charge on any atom is 0.0462 e. The van der Waals surface area contributed by atoms with Crippen LogP contribution in [0.25, 0.3) is 22.3 Å². The molecule has 0 unspecified atom stereocenters. The van der Waals surface area contributed by atoms with Crippen molar-refractivity contribution in [1.82, 2.24) is 0 Å². The van der Waals surface area contributed by atoms with Crippen molar-refractivity contribution in [2.24, 2.45) is 0 Å². The van der Waals surface area contributed by atoms with Crippen LogP contribution in [0.3, 0.4) is 0 Å². The van der Waals surface area contributed by atoms with Crippen molar-refractivity contribution in [3.05, 3.63) is 253 Å². The maximum absolute atomic E-state index is 2.36. The third-order valence-corrected chi connectivity index (χ3v) is 12.0. The monoisotopic (exact) mass is 832 g/mol. The molecule has 0 bridgehead atoms. The average molecular weight is 833 g/mol. The lowest BCUT2D eigenvalue weighted by Gasteiger charge is -2.33. The summed E-state index contributed by atoms with van der Waals surface area (Å²) < 4.78 is 0. The summed E-state index contributed by atoms with van der Waals surface area (Å²) in [6.45, 7) is 13.0. The average Bonchev–Trinajstić information content (AvgIpc) is 3.36. The van der Waals surface area contributed by atoms with Gasteiger partial charge in [0.1, 0.15) is 0 Å². The van der Waals surface area contributed by atoms with Gasteiger partial charge in [-0.1, -0.05) is 133 Å². The van der Waals surface area contributed by atoms with Gasteiger partial charge in [-0.3, -0.25) is 0 Å². The molecule has 0 aliphatic heterocycles. The minimum absolute atomic E-state index is 1.11. The van der Waals surface area contributed by atoms with E-state index in [0.29, 0.717) is 0 Å². The molecule has 0 aliphatic carbocycles. The number of hydrogen-bond donors (Lipinski definition) is 0. The molecule has 0 atom stereocenters. The molecular formula is C60H56N4. The van der Waals surface area contributed by atoms with Gasteiger partial charge >= 0.3 is 0 Å². The Bertz CT molecular complexity index is 2550. The smallest absolute Gasteiger partial charge is 0.0462 e. The molecule has 0 amide bonds. The van der Waals surface area contributed by atoms with Crippen LogP contribution in [0.1, 0.15) is 41.5 Å². The molecule has 8 aromatic carbocycles. The summed E-state index contributed by atoms with van der Waals surface area (Å²) in [5.74, 6) is 0. The topological polar surface area (TPSA) is 13.0 Å². The minimum Gasteiger partial charge on any atom is -0.317 e. The summed E-state index contributed by atoms with van der Waals surface area (Å²) in [4.78, 5) is 9.31. The Balaban J connectivity index is 1.04. The summed E-state index contributed by atoms with van der Waals surface area (Å²) in [5, 5.41) is 0. The molecule has 8 rings (SSSR count). The molecule has 4 heteroatoms. The molecular weight excluding hydrogens is 777 g/mol. The van der Waals surface area contributed by atoms with E-state index in [1.807, 2.05) is 0 Å². The molecule has 4 nitrogen and oxygen atoms in total. The summed E-state index contributed by atoms with van der Waals surface area (Å²) in [6.07, 6.45) is 4.36. The number of allylic oxidation sites excluding steroid dienone is 6. The Kier molecular flexibility index (Phi) is 13.3. The highest BCUT2D eigenvalue weighted by atomic mass is 15.2. The highest BCUT2D eigenvalue weighted by Gasteiger charge is 2.20. The molecule has 8 aromatic rings. The molecule has 316 valence electrons. The molecule has 0 aromatic heterocycles. The van der Waals surface area contributed by atoms with Gasteiger partial charge in [-0.25, -0.2) is 0 Å². The van der Waals surface area contributed by atoms with Crippen LogP contribution in [-0.2, 0) is 0 Å². The standard InChI is InChI=1S/C60H56N4/c1-7-45(3)61(57-37-29-49(30-38-57)51-33-41-59(42-34-51)63(53-21-13-9-14-22-53)54-23-15-10-16-24-54)47(5)48(6)62(46(4)8-2)58-39-31-50(32-40-58)52-35-43-60(44-36-52)64(55-25-17-11-18-26-55)56-27-19-12-20-28-56/h7-44H,1-6H3/b45-7+,46-8+,48-47?. The Labute approximate surface area is 380 Å². The second-order valence-electron chi connectivity index (χ2n) is 15.9. The quantitative estimate of drug-likeness (QED) is 0.108. The van der Waals surface area contributed by atoms with Crippen molar-refractivity contribution in [2.75, 3.05) is 19.6 Å². The molecule has 0 aliphatic rings. The normalized spacial score (nSPS) is 12.0. The van der Waals surface area contributed by atoms with E-state index < -0.39 is 0 Å². The number of nitrogens with zero attached hydrogens (tertiary/aromatic N) is 4. The summed E-state index contributed by atoms with van der Waals surface area (Å²) in [5.41, 5.74) is 18.3. The summed E-state index contributed by atoms with van der Waals surface area (Å²) >= 11 is 0. The predicted molar refractivity (Wildman–Crippen MR) is 275 cm³/mol. The van der Waals surface area contributed by atoms with Crippen molar-refractivity contribution in [1.29, 1.82) is 0 Å². The van der Waals surface area contributed by atoms with Crippen molar-refractivity contribution in [3.8, 4) is 22.3 Å². The first-order valence-corrected chi connectivity index (χ1v) is 22.1. The van der Waals surface area contributed by atoms with Crippen LogP contribution in [0, 0.1) is 0 Å². The second-order valence-corrected chi connectivity index (χ2v) is 15.9. The van der Waals surface area contributed by atoms with Crippen LogP contribution in [0.2, 0.25) is 0 Å². The van der Waals surface area contributed by atoms with Gasteiger partial charge in [0, 0.05) is 68.3 Å². The third kappa shape index (κ3) is 9.33. The Hall–Kier alpha value is -7.82. The second kappa shape index (κ2) is 19.9. The van der Waals surface area contributed by atoms with Gasteiger partial charge in [0.2, 0.25) is 0 Å². The van der Waals surface area contributed by atoms with Crippen LogP contribution in [0.4, 0.5) is 45.5 Å². The first kappa shape index (κ1) is 42.9. The van der Waals surface area contributed by atoms with Gasteiger partial charge in [0.25, 0.3) is 0 Å². The maximum atomic E-state index is 2.36. The van der Waals surface area contributed by atoms with Crippen molar-refractivity contribution < 1.29 is 0 Å². The van der Waals surface area contributed by atoms with Gasteiger partial charge < -0.3 is 19.6 Å². The lowest BCUT2D eigenvalue weighted by molar-refractivity contribution is 0.964. The van der Waals surface area contributed by atoms with Crippen molar-refractivity contribution in [3.63, 3.8) is 0 Å². The van der Waals surface area contributed by atoms with E-state index in [9.17, 15) is 0 Å². The summed E-state index contributed by atoms with van der Waals surface area (Å²) in [7, 11) is 0. The van der Waals surface area contributed by atoms with E-state index in [1.54, 1.807) is 0 Å². The summed E-state index contributed by atoms with van der Waals surface area (Å²) in [6, 6.07) is 77.7. The molecule has 0 fully saturated rings. The van der Waals surface area contributed by atoms with Crippen LogP contribution in [0.15, 0.2) is 253 Å². The van der Waals surface area contributed by atoms with Gasteiger partial charge in [0.05, 0.1) is 0 Å². The number of hydrogen-bond acceptors (Lipinski definition) is 4. The molecule has 0 saturated carbocycles. The van der Waals surface area contributed by atoms with Crippen LogP contribution in [0.5, 0.6) is 0 Å². The van der Waals surface area contributed by atoms with Gasteiger partial charge in [0.15, 0.2) is 0 Å². The van der Waals surface area contributed by atoms with E-state index in [-0.39, 0.29) is 0 Å². The lowest BCUT2D eigenvalue weighted by Crippen LogP contribution is -2.26. The van der Waals surface area contributed by atoms with Gasteiger partial charge in [-0.05, 0) is 161 Å². The van der Waals surface area contributed by atoms with Gasteiger partial charge in [-0.2, -0.15) is 0 Å². The van der Waals surface area contributed by atoms with Crippen LogP contribution >= 0.6 is 0 Å². The molecule has 64 heavy (non-hydrogen) atoms. The molecule has 0 radical (unpaired) electrons. The Morgan fingerprint density at radius 1 is 0.266 bits per heavy atom.